The summed E-state index contributed by atoms with van der Waals surface area (Å²) in [5, 5.41) is 0. The first kappa shape index (κ1) is 14.9. The van der Waals surface area contributed by atoms with Crippen molar-refractivity contribution in [3.05, 3.63) is 18.5 Å². The van der Waals surface area contributed by atoms with Gasteiger partial charge < -0.3 is 9.80 Å². The zero-order valence-corrected chi connectivity index (χ0v) is 13.7. The van der Waals surface area contributed by atoms with Crippen molar-refractivity contribution in [3.8, 4) is 0 Å². The van der Waals surface area contributed by atoms with Crippen LogP contribution in [0, 0.1) is 17.8 Å². The fourth-order valence-electron chi connectivity index (χ4n) is 4.62. The van der Waals surface area contributed by atoms with Crippen molar-refractivity contribution in [2.75, 3.05) is 31.1 Å². The van der Waals surface area contributed by atoms with Crippen LogP contribution in [0.2, 0.25) is 0 Å². The Bertz CT molecular complexity index is 527. The maximum atomic E-state index is 12.9. The molecule has 3 heterocycles. The third-order valence-electron chi connectivity index (χ3n) is 5.97. The van der Waals surface area contributed by atoms with Crippen molar-refractivity contribution in [1.29, 1.82) is 0 Å². The van der Waals surface area contributed by atoms with E-state index in [4.69, 9.17) is 0 Å². The minimum atomic E-state index is 0.204. The van der Waals surface area contributed by atoms with E-state index in [9.17, 15) is 4.79 Å². The van der Waals surface area contributed by atoms with Gasteiger partial charge >= 0.3 is 0 Å². The van der Waals surface area contributed by atoms with Gasteiger partial charge in [-0.05, 0) is 43.6 Å². The summed E-state index contributed by atoms with van der Waals surface area (Å²) in [7, 11) is 0. The quantitative estimate of drug-likeness (QED) is 0.841. The molecule has 3 fully saturated rings. The molecule has 124 valence electrons. The lowest BCUT2D eigenvalue weighted by Gasteiger charge is -2.33. The molecular weight excluding hydrogens is 288 g/mol. The van der Waals surface area contributed by atoms with Crippen LogP contribution in [0.25, 0.3) is 0 Å². The number of anilines is 1. The van der Waals surface area contributed by atoms with E-state index in [0.717, 1.165) is 56.8 Å². The summed E-state index contributed by atoms with van der Waals surface area (Å²) in [6.45, 7) is 3.82. The SMILES string of the molecule is O=C(C1CCN(c2ncccn2)CC1)N1CC2CCCCC2C1. The van der Waals surface area contributed by atoms with Gasteiger partial charge in [0.2, 0.25) is 11.9 Å². The first-order valence-corrected chi connectivity index (χ1v) is 9.12. The largest absolute Gasteiger partial charge is 0.342 e. The third-order valence-corrected chi connectivity index (χ3v) is 5.97. The molecule has 0 aromatic carbocycles. The highest BCUT2D eigenvalue weighted by atomic mass is 16.2. The molecule has 2 saturated heterocycles. The van der Waals surface area contributed by atoms with E-state index in [2.05, 4.69) is 19.8 Å². The summed E-state index contributed by atoms with van der Waals surface area (Å²) in [4.78, 5) is 25.9. The summed E-state index contributed by atoms with van der Waals surface area (Å²) in [5.41, 5.74) is 0. The van der Waals surface area contributed by atoms with Crippen molar-refractivity contribution < 1.29 is 4.79 Å². The fraction of sp³-hybridized carbons (Fsp3) is 0.722. The zero-order valence-electron chi connectivity index (χ0n) is 13.7. The molecule has 2 unspecified atom stereocenters. The van der Waals surface area contributed by atoms with E-state index in [-0.39, 0.29) is 5.92 Å². The molecule has 0 bridgehead atoms. The maximum absolute atomic E-state index is 12.9. The van der Waals surface area contributed by atoms with E-state index in [1.807, 2.05) is 6.07 Å². The van der Waals surface area contributed by atoms with Gasteiger partial charge in [-0.3, -0.25) is 4.79 Å². The van der Waals surface area contributed by atoms with E-state index >= 15 is 0 Å². The number of piperidine rings is 1. The minimum absolute atomic E-state index is 0.204. The number of fused-ring (bicyclic) bond motifs is 1. The van der Waals surface area contributed by atoms with Gasteiger partial charge in [-0.2, -0.15) is 0 Å². The van der Waals surface area contributed by atoms with Gasteiger partial charge in [0, 0.05) is 44.5 Å². The summed E-state index contributed by atoms with van der Waals surface area (Å²) < 4.78 is 0. The van der Waals surface area contributed by atoms with Crippen LogP contribution in [0.1, 0.15) is 38.5 Å². The number of hydrogen-bond donors (Lipinski definition) is 0. The minimum Gasteiger partial charge on any atom is -0.342 e. The van der Waals surface area contributed by atoms with Crippen LogP contribution >= 0.6 is 0 Å². The normalized spacial score (nSPS) is 28.7. The average molecular weight is 314 g/mol. The van der Waals surface area contributed by atoms with Crippen molar-refractivity contribution in [2.45, 2.75) is 38.5 Å². The topological polar surface area (TPSA) is 49.3 Å². The lowest BCUT2D eigenvalue weighted by molar-refractivity contribution is -0.135. The van der Waals surface area contributed by atoms with E-state index < -0.39 is 0 Å². The highest BCUT2D eigenvalue weighted by Crippen LogP contribution is 2.37. The van der Waals surface area contributed by atoms with Crippen molar-refractivity contribution in [2.24, 2.45) is 17.8 Å². The number of rotatable bonds is 2. The monoisotopic (exact) mass is 314 g/mol. The average Bonchev–Trinajstić information content (AvgIpc) is 3.06. The molecule has 2 atom stereocenters. The van der Waals surface area contributed by atoms with Crippen LogP contribution < -0.4 is 4.90 Å². The third kappa shape index (κ3) is 3.06. The predicted molar refractivity (Wildman–Crippen MR) is 89.0 cm³/mol. The molecule has 1 aromatic rings. The first-order valence-electron chi connectivity index (χ1n) is 9.12. The maximum Gasteiger partial charge on any atom is 0.225 e. The van der Waals surface area contributed by atoms with Crippen LogP contribution in [0.3, 0.4) is 0 Å². The fourth-order valence-corrected chi connectivity index (χ4v) is 4.62. The Hall–Kier alpha value is -1.65. The Kier molecular flexibility index (Phi) is 4.19. The predicted octanol–water partition coefficient (Wildman–Crippen LogP) is 2.34. The van der Waals surface area contributed by atoms with Crippen LogP contribution in [0.4, 0.5) is 5.95 Å². The molecule has 1 amide bonds. The van der Waals surface area contributed by atoms with Gasteiger partial charge in [0.25, 0.3) is 0 Å². The molecule has 3 aliphatic rings. The number of nitrogens with zero attached hydrogens (tertiary/aromatic N) is 4. The number of hydrogen-bond acceptors (Lipinski definition) is 4. The number of carbonyl (C=O) groups excluding carboxylic acids is 1. The Morgan fingerprint density at radius 1 is 0.957 bits per heavy atom. The molecule has 23 heavy (non-hydrogen) atoms. The molecule has 2 aliphatic heterocycles. The summed E-state index contributed by atoms with van der Waals surface area (Å²) >= 11 is 0. The molecule has 1 saturated carbocycles. The van der Waals surface area contributed by atoms with Crippen LogP contribution in [0.5, 0.6) is 0 Å². The second kappa shape index (κ2) is 6.46. The summed E-state index contributed by atoms with van der Waals surface area (Å²) in [5.74, 6) is 2.98. The molecular formula is C18H26N4O. The van der Waals surface area contributed by atoms with Gasteiger partial charge in [-0.1, -0.05) is 12.8 Å². The number of carbonyl (C=O) groups is 1. The van der Waals surface area contributed by atoms with Crippen molar-refractivity contribution in [3.63, 3.8) is 0 Å². The molecule has 0 spiro atoms. The van der Waals surface area contributed by atoms with E-state index in [0.29, 0.717) is 5.91 Å². The van der Waals surface area contributed by atoms with Crippen LogP contribution in [0.15, 0.2) is 18.5 Å². The Morgan fingerprint density at radius 3 is 2.17 bits per heavy atom. The molecule has 5 nitrogen and oxygen atoms in total. The van der Waals surface area contributed by atoms with Gasteiger partial charge in [0.1, 0.15) is 0 Å². The molecule has 0 N–H and O–H groups in total. The first-order chi connectivity index (χ1) is 11.3. The standard InChI is InChI=1S/C18H26N4O/c23-17(22-12-15-4-1-2-5-16(15)13-22)14-6-10-21(11-7-14)18-19-8-3-9-20-18/h3,8-9,14-16H,1-2,4-7,10-13H2. The van der Waals surface area contributed by atoms with Gasteiger partial charge in [-0.15, -0.1) is 0 Å². The number of amides is 1. The van der Waals surface area contributed by atoms with Crippen LogP contribution in [-0.2, 0) is 4.79 Å². The second-order valence-corrected chi connectivity index (χ2v) is 7.36. The molecule has 0 radical (unpaired) electrons. The Morgan fingerprint density at radius 2 is 1.57 bits per heavy atom. The van der Waals surface area contributed by atoms with Crippen LogP contribution in [-0.4, -0.2) is 47.0 Å². The highest BCUT2D eigenvalue weighted by molar-refractivity contribution is 5.79. The molecule has 1 aliphatic carbocycles. The number of likely N-dealkylation sites (tertiary alicyclic amines) is 1. The van der Waals surface area contributed by atoms with E-state index in [1.54, 1.807) is 12.4 Å². The summed E-state index contributed by atoms with van der Waals surface area (Å²) in [6, 6.07) is 1.84. The Balaban J connectivity index is 1.33. The molecule has 4 rings (SSSR count). The molecule has 1 aromatic heterocycles. The Labute approximate surface area is 138 Å². The zero-order chi connectivity index (χ0) is 15.6. The van der Waals surface area contributed by atoms with Gasteiger partial charge in [0.15, 0.2) is 0 Å². The van der Waals surface area contributed by atoms with Gasteiger partial charge in [0.05, 0.1) is 0 Å². The highest BCUT2D eigenvalue weighted by Gasteiger charge is 2.39. The van der Waals surface area contributed by atoms with Gasteiger partial charge in [-0.25, -0.2) is 9.97 Å². The number of aromatic nitrogens is 2. The molecule has 5 heteroatoms. The smallest absolute Gasteiger partial charge is 0.225 e. The second-order valence-electron chi connectivity index (χ2n) is 7.36. The lowest BCUT2D eigenvalue weighted by atomic mass is 9.82. The van der Waals surface area contributed by atoms with Crippen molar-refractivity contribution in [1.82, 2.24) is 14.9 Å². The lowest BCUT2D eigenvalue weighted by Crippen LogP contribution is -2.42. The van der Waals surface area contributed by atoms with E-state index in [1.165, 1.54) is 25.7 Å². The van der Waals surface area contributed by atoms with Crippen molar-refractivity contribution >= 4 is 11.9 Å². The summed E-state index contributed by atoms with van der Waals surface area (Å²) in [6.07, 6.45) is 10.8.